The van der Waals surface area contributed by atoms with E-state index in [0.29, 0.717) is 21.6 Å². The maximum absolute atomic E-state index is 12.6. The van der Waals surface area contributed by atoms with Crippen LogP contribution in [-0.2, 0) is 7.05 Å². The Balaban J connectivity index is 2.09. The summed E-state index contributed by atoms with van der Waals surface area (Å²) in [6, 6.07) is 12.3. The largest absolute Gasteiger partial charge is 0.320 e. The minimum absolute atomic E-state index is 0.162. The lowest BCUT2D eigenvalue weighted by Gasteiger charge is -2.10. The molecule has 1 aromatic heterocycles. The van der Waals surface area contributed by atoms with Crippen molar-refractivity contribution in [3.63, 3.8) is 0 Å². The number of nitrogens with zero attached hydrogens (tertiary/aromatic N) is 2. The van der Waals surface area contributed by atoms with Crippen LogP contribution >= 0.6 is 11.6 Å². The molecule has 2 aromatic carbocycles. The van der Waals surface area contributed by atoms with Crippen molar-refractivity contribution in [1.29, 1.82) is 0 Å². The van der Waals surface area contributed by atoms with Gasteiger partial charge in [-0.3, -0.25) is 14.3 Å². The third-order valence-corrected chi connectivity index (χ3v) is 3.86. The van der Waals surface area contributed by atoms with Gasteiger partial charge < -0.3 is 5.32 Å². The average Bonchev–Trinajstić information content (AvgIpc) is 2.53. The molecule has 6 heteroatoms. The highest BCUT2D eigenvalue weighted by Gasteiger charge is 2.17. The predicted octanol–water partition coefficient (Wildman–Crippen LogP) is 3.15. The highest BCUT2D eigenvalue weighted by Crippen LogP contribution is 2.17. The molecule has 5 nitrogen and oxygen atoms in total. The number of halogens is 1. The zero-order valence-corrected chi connectivity index (χ0v) is 13.4. The van der Waals surface area contributed by atoms with Crippen molar-refractivity contribution in [3.8, 4) is 0 Å². The summed E-state index contributed by atoms with van der Waals surface area (Å²) in [7, 11) is 1.68. The molecule has 23 heavy (non-hydrogen) atoms. The van der Waals surface area contributed by atoms with Crippen molar-refractivity contribution >= 4 is 34.1 Å². The topological polar surface area (TPSA) is 64.0 Å². The van der Waals surface area contributed by atoms with Gasteiger partial charge in [0.25, 0.3) is 5.91 Å². The summed E-state index contributed by atoms with van der Waals surface area (Å²) in [5.74, 6) is -0.540. The Hall–Kier alpha value is -2.66. The standard InChI is InChI=1S/C17H14ClN3O2/c1-10-5-3-4-6-13(10)19-17(23)15-16(22)12-9-11(18)7-8-14(12)21(2)20-15/h3-9H,1-2H3,(H,19,23). The monoisotopic (exact) mass is 327 g/mol. The van der Waals surface area contributed by atoms with Crippen LogP contribution in [0.15, 0.2) is 47.3 Å². The first kappa shape index (κ1) is 15.2. The van der Waals surface area contributed by atoms with E-state index < -0.39 is 11.3 Å². The van der Waals surface area contributed by atoms with Crippen molar-refractivity contribution in [2.45, 2.75) is 6.92 Å². The van der Waals surface area contributed by atoms with Gasteiger partial charge in [0.15, 0.2) is 5.69 Å². The van der Waals surface area contributed by atoms with E-state index in [9.17, 15) is 9.59 Å². The summed E-state index contributed by atoms with van der Waals surface area (Å²) < 4.78 is 1.50. The van der Waals surface area contributed by atoms with Crippen LogP contribution in [0, 0.1) is 6.92 Å². The van der Waals surface area contributed by atoms with Crippen LogP contribution in [-0.4, -0.2) is 15.7 Å². The van der Waals surface area contributed by atoms with E-state index in [1.807, 2.05) is 25.1 Å². The fraction of sp³-hybridized carbons (Fsp3) is 0.118. The molecule has 1 N–H and O–H groups in total. The molecule has 0 spiro atoms. The molecule has 1 heterocycles. The summed E-state index contributed by atoms with van der Waals surface area (Å²) in [4.78, 5) is 25.0. The lowest BCUT2D eigenvalue weighted by molar-refractivity contribution is 0.101. The molecule has 0 saturated carbocycles. The molecule has 116 valence electrons. The number of para-hydroxylation sites is 1. The zero-order valence-electron chi connectivity index (χ0n) is 12.6. The number of aromatic nitrogens is 2. The van der Waals surface area contributed by atoms with Crippen LogP contribution in [0.3, 0.4) is 0 Å². The molecule has 0 aliphatic rings. The van der Waals surface area contributed by atoms with Crippen LogP contribution in [0.25, 0.3) is 10.9 Å². The predicted molar refractivity (Wildman–Crippen MR) is 91.1 cm³/mol. The van der Waals surface area contributed by atoms with Crippen LogP contribution in [0.1, 0.15) is 16.1 Å². The maximum Gasteiger partial charge on any atom is 0.280 e. The highest BCUT2D eigenvalue weighted by atomic mass is 35.5. The van der Waals surface area contributed by atoms with E-state index in [-0.39, 0.29) is 5.69 Å². The number of carbonyl (C=O) groups excluding carboxylic acids is 1. The molecule has 3 rings (SSSR count). The Morgan fingerprint density at radius 2 is 1.96 bits per heavy atom. The van der Waals surface area contributed by atoms with Gasteiger partial charge in [-0.05, 0) is 36.8 Å². The number of nitrogens with one attached hydrogen (secondary N) is 1. The van der Waals surface area contributed by atoms with Crippen molar-refractivity contribution in [2.24, 2.45) is 7.05 Å². The Kier molecular flexibility index (Phi) is 3.88. The van der Waals surface area contributed by atoms with Crippen LogP contribution < -0.4 is 10.7 Å². The molecule has 0 radical (unpaired) electrons. The van der Waals surface area contributed by atoms with Gasteiger partial charge in [0.1, 0.15) is 0 Å². The molecule has 0 fully saturated rings. The van der Waals surface area contributed by atoms with Crippen molar-refractivity contribution in [3.05, 3.63) is 69.0 Å². The molecule has 3 aromatic rings. The number of rotatable bonds is 2. The van der Waals surface area contributed by atoms with E-state index in [0.717, 1.165) is 5.56 Å². The number of hydrogen-bond acceptors (Lipinski definition) is 3. The van der Waals surface area contributed by atoms with Crippen molar-refractivity contribution < 1.29 is 4.79 Å². The Morgan fingerprint density at radius 3 is 2.70 bits per heavy atom. The summed E-state index contributed by atoms with van der Waals surface area (Å²) in [6.07, 6.45) is 0. The Labute approximate surface area is 137 Å². The van der Waals surface area contributed by atoms with E-state index in [2.05, 4.69) is 10.4 Å². The van der Waals surface area contributed by atoms with Crippen LogP contribution in [0.5, 0.6) is 0 Å². The van der Waals surface area contributed by atoms with Gasteiger partial charge in [-0.1, -0.05) is 29.8 Å². The van der Waals surface area contributed by atoms with Gasteiger partial charge in [0.2, 0.25) is 5.43 Å². The fourth-order valence-electron chi connectivity index (χ4n) is 2.39. The SMILES string of the molecule is Cc1ccccc1NC(=O)c1nn(C)c2ccc(Cl)cc2c1=O. The van der Waals surface area contributed by atoms with E-state index in [1.54, 1.807) is 31.3 Å². The highest BCUT2D eigenvalue weighted by molar-refractivity contribution is 6.31. The number of anilines is 1. The second kappa shape index (κ2) is 5.85. The van der Waals surface area contributed by atoms with Gasteiger partial charge >= 0.3 is 0 Å². The van der Waals surface area contributed by atoms with Crippen molar-refractivity contribution in [1.82, 2.24) is 9.78 Å². The lowest BCUT2D eigenvalue weighted by atomic mass is 10.1. The first-order valence-electron chi connectivity index (χ1n) is 7.01. The third kappa shape index (κ3) is 2.83. The number of aryl methyl sites for hydroxylation is 2. The number of carbonyl (C=O) groups is 1. The average molecular weight is 328 g/mol. The summed E-state index contributed by atoms with van der Waals surface area (Å²) >= 11 is 5.96. The van der Waals surface area contributed by atoms with Gasteiger partial charge in [0.05, 0.1) is 10.9 Å². The fourth-order valence-corrected chi connectivity index (χ4v) is 2.56. The molecule has 0 aliphatic heterocycles. The van der Waals surface area contributed by atoms with E-state index >= 15 is 0 Å². The Morgan fingerprint density at radius 1 is 1.22 bits per heavy atom. The normalized spacial score (nSPS) is 10.7. The molecule has 0 aliphatic carbocycles. The lowest BCUT2D eigenvalue weighted by Crippen LogP contribution is -2.26. The molecule has 0 saturated heterocycles. The minimum Gasteiger partial charge on any atom is -0.320 e. The van der Waals surface area contributed by atoms with E-state index in [4.69, 9.17) is 11.6 Å². The zero-order chi connectivity index (χ0) is 16.6. The molecule has 1 amide bonds. The summed E-state index contributed by atoms with van der Waals surface area (Å²) in [5.41, 5.74) is 1.57. The van der Waals surface area contributed by atoms with Crippen molar-refractivity contribution in [2.75, 3.05) is 5.32 Å². The molecular formula is C17H14ClN3O2. The first-order chi connectivity index (χ1) is 11.0. The van der Waals surface area contributed by atoms with Gasteiger partial charge in [-0.25, -0.2) is 0 Å². The summed E-state index contributed by atoms with van der Waals surface area (Å²) in [5, 5.41) is 7.63. The minimum atomic E-state index is -0.540. The summed E-state index contributed by atoms with van der Waals surface area (Å²) in [6.45, 7) is 1.88. The van der Waals surface area contributed by atoms with Gasteiger partial charge in [0, 0.05) is 17.8 Å². The second-order valence-electron chi connectivity index (χ2n) is 5.23. The Bertz CT molecular complexity index is 979. The quantitative estimate of drug-likeness (QED) is 0.786. The maximum atomic E-state index is 12.6. The molecule has 0 bridgehead atoms. The smallest absolute Gasteiger partial charge is 0.280 e. The van der Waals surface area contributed by atoms with Gasteiger partial charge in [-0.15, -0.1) is 0 Å². The number of fused-ring (bicyclic) bond motifs is 1. The second-order valence-corrected chi connectivity index (χ2v) is 5.67. The molecular weight excluding hydrogens is 314 g/mol. The van der Waals surface area contributed by atoms with Crippen LogP contribution in [0.4, 0.5) is 5.69 Å². The number of hydrogen-bond donors (Lipinski definition) is 1. The van der Waals surface area contributed by atoms with Crippen LogP contribution in [0.2, 0.25) is 5.02 Å². The molecule has 0 atom stereocenters. The molecule has 0 unspecified atom stereocenters. The van der Waals surface area contributed by atoms with Gasteiger partial charge in [-0.2, -0.15) is 5.10 Å². The van der Waals surface area contributed by atoms with E-state index in [1.165, 1.54) is 4.68 Å². The first-order valence-corrected chi connectivity index (χ1v) is 7.39. The third-order valence-electron chi connectivity index (χ3n) is 3.63. The number of benzene rings is 2. The number of amides is 1.